The summed E-state index contributed by atoms with van der Waals surface area (Å²) in [6, 6.07) is 0. The minimum Gasteiger partial charge on any atom is -0.259 e. The lowest BCUT2D eigenvalue weighted by Gasteiger charge is -1.99. The van der Waals surface area contributed by atoms with Gasteiger partial charge in [0.15, 0.2) is 0 Å². The van der Waals surface area contributed by atoms with E-state index < -0.39 is 10.8 Å². The summed E-state index contributed by atoms with van der Waals surface area (Å²) >= 11 is 0. The molecule has 0 amide bonds. The molecule has 0 radical (unpaired) electrons. The largest absolute Gasteiger partial charge is 0.259 e. The molecular formula is C8H13NO3S. The van der Waals surface area contributed by atoms with Crippen molar-refractivity contribution < 1.29 is 9.13 Å². The molecule has 0 aromatic heterocycles. The van der Waals surface area contributed by atoms with Crippen LogP contribution in [0.5, 0.6) is 0 Å². The van der Waals surface area contributed by atoms with Crippen molar-refractivity contribution in [3.8, 4) is 0 Å². The van der Waals surface area contributed by atoms with E-state index in [4.69, 9.17) is 0 Å². The van der Waals surface area contributed by atoms with E-state index in [1.165, 1.54) is 0 Å². The van der Waals surface area contributed by atoms with Gasteiger partial charge in [-0.3, -0.25) is 14.3 Å². The fourth-order valence-corrected chi connectivity index (χ4v) is 2.88. The molecule has 0 saturated heterocycles. The van der Waals surface area contributed by atoms with Gasteiger partial charge in [-0.2, -0.15) is 0 Å². The van der Waals surface area contributed by atoms with Crippen molar-refractivity contribution in [3.05, 3.63) is 20.7 Å². The Morgan fingerprint density at radius 2 is 2.23 bits per heavy atom. The lowest BCUT2D eigenvalue weighted by Crippen LogP contribution is -2.04. The van der Waals surface area contributed by atoms with Gasteiger partial charge in [0.1, 0.15) is 0 Å². The van der Waals surface area contributed by atoms with E-state index in [1.54, 1.807) is 0 Å². The molecule has 13 heavy (non-hydrogen) atoms. The highest BCUT2D eigenvalue weighted by molar-refractivity contribution is 7.89. The Balaban J connectivity index is 2.81. The summed E-state index contributed by atoms with van der Waals surface area (Å²) < 4.78 is 11.5. The van der Waals surface area contributed by atoms with Crippen LogP contribution in [0.4, 0.5) is 0 Å². The summed E-state index contributed by atoms with van der Waals surface area (Å²) in [6.45, 7) is 1.93. The second kappa shape index (κ2) is 4.50. The van der Waals surface area contributed by atoms with Gasteiger partial charge in [-0.1, -0.05) is 6.92 Å². The molecule has 1 atom stereocenters. The first-order valence-electron chi connectivity index (χ1n) is 4.41. The third-order valence-electron chi connectivity index (χ3n) is 2.02. The number of nitrogens with zero attached hydrogens (tertiary/aromatic N) is 1. The van der Waals surface area contributed by atoms with Crippen LogP contribution in [0.3, 0.4) is 0 Å². The first kappa shape index (κ1) is 10.4. The summed E-state index contributed by atoms with van der Waals surface area (Å²) in [6.07, 6.45) is 2.71. The maximum atomic E-state index is 11.5. The van der Waals surface area contributed by atoms with Crippen molar-refractivity contribution in [3.63, 3.8) is 0 Å². The number of rotatable bonds is 4. The van der Waals surface area contributed by atoms with Gasteiger partial charge in [-0.25, -0.2) is 0 Å². The molecule has 5 heteroatoms. The van der Waals surface area contributed by atoms with E-state index in [1.807, 2.05) is 6.92 Å². The topological polar surface area (TPSA) is 60.2 Å². The Morgan fingerprint density at radius 3 is 2.77 bits per heavy atom. The molecule has 0 bridgehead atoms. The van der Waals surface area contributed by atoms with Gasteiger partial charge >= 0.3 is 0 Å². The number of hydrogen-bond acceptors (Lipinski definition) is 3. The fraction of sp³-hybridized carbons (Fsp3) is 0.750. The van der Waals surface area contributed by atoms with Gasteiger partial charge < -0.3 is 0 Å². The molecule has 0 heterocycles. The van der Waals surface area contributed by atoms with Crippen molar-refractivity contribution in [1.29, 1.82) is 0 Å². The maximum Gasteiger partial charge on any atom is 0.258 e. The monoisotopic (exact) mass is 203 g/mol. The van der Waals surface area contributed by atoms with Gasteiger partial charge in [0.25, 0.3) is 5.70 Å². The first-order chi connectivity index (χ1) is 6.16. The predicted octanol–water partition coefficient (Wildman–Crippen LogP) is 1.82. The lowest BCUT2D eigenvalue weighted by atomic mass is 10.3. The van der Waals surface area contributed by atoms with Gasteiger partial charge in [-0.05, 0) is 19.3 Å². The minimum absolute atomic E-state index is 0.201. The van der Waals surface area contributed by atoms with Crippen molar-refractivity contribution in [2.75, 3.05) is 5.75 Å². The Labute approximate surface area is 79.6 Å². The Hall–Kier alpha value is -0.710. The van der Waals surface area contributed by atoms with Crippen LogP contribution < -0.4 is 0 Å². The molecule has 0 spiro atoms. The van der Waals surface area contributed by atoms with Gasteiger partial charge in [0.2, 0.25) is 0 Å². The van der Waals surface area contributed by atoms with Crippen molar-refractivity contribution >= 4 is 10.8 Å². The molecule has 0 aromatic carbocycles. The lowest BCUT2D eigenvalue weighted by molar-refractivity contribution is -0.427. The van der Waals surface area contributed by atoms with E-state index >= 15 is 0 Å². The molecular weight excluding hydrogens is 190 g/mol. The van der Waals surface area contributed by atoms with Crippen LogP contribution in [0, 0.1) is 10.1 Å². The molecule has 4 nitrogen and oxygen atoms in total. The number of allylic oxidation sites excluding steroid dienone is 2. The highest BCUT2D eigenvalue weighted by Gasteiger charge is 2.27. The molecule has 0 N–H and O–H groups in total. The molecule has 0 aromatic rings. The number of nitro groups is 1. The Morgan fingerprint density at radius 1 is 1.54 bits per heavy atom. The van der Waals surface area contributed by atoms with Crippen molar-refractivity contribution in [2.24, 2.45) is 0 Å². The van der Waals surface area contributed by atoms with Crippen LogP contribution in [-0.4, -0.2) is 14.9 Å². The van der Waals surface area contributed by atoms with Crippen molar-refractivity contribution in [1.82, 2.24) is 0 Å². The molecule has 1 aliphatic carbocycles. The van der Waals surface area contributed by atoms with E-state index in [2.05, 4.69) is 0 Å². The zero-order chi connectivity index (χ0) is 9.84. The summed E-state index contributed by atoms with van der Waals surface area (Å²) in [5.74, 6) is 0.548. The van der Waals surface area contributed by atoms with Crippen LogP contribution in [0.2, 0.25) is 0 Å². The van der Waals surface area contributed by atoms with Crippen LogP contribution in [0.1, 0.15) is 32.6 Å². The highest BCUT2D eigenvalue weighted by Crippen LogP contribution is 2.28. The van der Waals surface area contributed by atoms with E-state index in [0.717, 1.165) is 12.8 Å². The highest BCUT2D eigenvalue weighted by atomic mass is 32.2. The summed E-state index contributed by atoms with van der Waals surface area (Å²) in [7, 11) is -1.11. The Bertz CT molecular complexity index is 273. The quantitative estimate of drug-likeness (QED) is 0.517. The second-order valence-corrected chi connectivity index (χ2v) is 4.62. The van der Waals surface area contributed by atoms with Gasteiger partial charge in [-0.15, -0.1) is 0 Å². The van der Waals surface area contributed by atoms with E-state index in [0.29, 0.717) is 23.5 Å². The Kier molecular flexibility index (Phi) is 3.59. The third-order valence-corrected chi connectivity index (χ3v) is 3.79. The summed E-state index contributed by atoms with van der Waals surface area (Å²) in [5, 5.41) is 10.5. The molecule has 0 aliphatic heterocycles. The van der Waals surface area contributed by atoms with Gasteiger partial charge in [0.05, 0.1) is 20.6 Å². The standard InChI is InChI=1S/C8H13NO3S/c1-2-6-13(12)8-5-3-4-7(8)9(10)11/h2-6H2,1H3. The second-order valence-electron chi connectivity index (χ2n) is 3.03. The van der Waals surface area contributed by atoms with Gasteiger partial charge in [0, 0.05) is 12.2 Å². The maximum absolute atomic E-state index is 11.5. The average molecular weight is 203 g/mol. The molecule has 0 saturated carbocycles. The smallest absolute Gasteiger partial charge is 0.258 e. The number of hydrogen-bond donors (Lipinski definition) is 0. The van der Waals surface area contributed by atoms with Crippen LogP contribution in [0.15, 0.2) is 10.6 Å². The SMILES string of the molecule is CCCS(=O)C1=C([N+](=O)[O-])CCC1. The van der Waals surface area contributed by atoms with Crippen LogP contribution in [0.25, 0.3) is 0 Å². The minimum atomic E-state index is -1.11. The van der Waals surface area contributed by atoms with E-state index in [-0.39, 0.29) is 10.6 Å². The molecule has 74 valence electrons. The van der Waals surface area contributed by atoms with Crippen LogP contribution >= 0.6 is 0 Å². The summed E-state index contributed by atoms with van der Waals surface area (Å²) in [4.78, 5) is 10.7. The van der Waals surface area contributed by atoms with E-state index in [9.17, 15) is 14.3 Å². The predicted molar refractivity (Wildman–Crippen MR) is 51.2 cm³/mol. The molecule has 1 aliphatic rings. The van der Waals surface area contributed by atoms with Crippen molar-refractivity contribution in [2.45, 2.75) is 32.6 Å². The van der Waals surface area contributed by atoms with Crippen LogP contribution in [-0.2, 0) is 10.8 Å². The third kappa shape index (κ3) is 2.37. The zero-order valence-corrected chi connectivity index (χ0v) is 8.43. The molecule has 1 unspecified atom stereocenters. The first-order valence-corrected chi connectivity index (χ1v) is 5.73. The molecule has 0 fully saturated rings. The average Bonchev–Trinajstić information content (AvgIpc) is 2.52. The fourth-order valence-electron chi connectivity index (χ4n) is 1.45. The zero-order valence-electron chi connectivity index (χ0n) is 7.62. The molecule has 1 rings (SSSR count). The summed E-state index contributed by atoms with van der Waals surface area (Å²) in [5.41, 5.74) is 0.201. The normalized spacial score (nSPS) is 19.2.